The average Bonchev–Trinajstić information content (AvgIpc) is 3.12. The molecule has 2 aliphatic rings. The maximum Gasteiger partial charge on any atom is 0.321 e. The van der Waals surface area contributed by atoms with Crippen LogP contribution in [0.15, 0.2) is 48.5 Å². The predicted octanol–water partition coefficient (Wildman–Crippen LogP) is 5.68. The summed E-state index contributed by atoms with van der Waals surface area (Å²) in [5.74, 6) is -0.354. The molecule has 2 aromatic rings. The first-order chi connectivity index (χ1) is 15.1. The number of amides is 3. The molecule has 6 heteroatoms. The highest BCUT2D eigenvalue weighted by atomic mass is 19.1. The predicted molar refractivity (Wildman–Crippen MR) is 121 cm³/mol. The molecule has 164 valence electrons. The number of likely N-dealkylation sites (tertiary alicyclic amines) is 1. The molecule has 0 spiro atoms. The molecule has 1 heterocycles. The molecular weight excluding hydrogens is 393 g/mol. The first-order valence-corrected chi connectivity index (χ1v) is 11.3. The van der Waals surface area contributed by atoms with Gasteiger partial charge < -0.3 is 15.5 Å². The molecule has 1 saturated carbocycles. The van der Waals surface area contributed by atoms with Gasteiger partial charge in [-0.25, -0.2) is 9.18 Å². The zero-order chi connectivity index (χ0) is 21.7. The molecular formula is C25H30FN3O2. The molecule has 2 N–H and O–H groups in total. The van der Waals surface area contributed by atoms with Gasteiger partial charge in [-0.05, 0) is 67.6 Å². The number of hydrogen-bond donors (Lipinski definition) is 2. The van der Waals surface area contributed by atoms with Crippen LogP contribution in [0.1, 0.15) is 56.9 Å². The van der Waals surface area contributed by atoms with Crippen molar-refractivity contribution < 1.29 is 14.0 Å². The zero-order valence-corrected chi connectivity index (χ0v) is 17.8. The van der Waals surface area contributed by atoms with Gasteiger partial charge in [-0.1, -0.05) is 37.8 Å². The van der Waals surface area contributed by atoms with Crippen LogP contribution in [0.4, 0.5) is 20.6 Å². The molecule has 0 unspecified atom stereocenters. The molecule has 0 aromatic heterocycles. The van der Waals surface area contributed by atoms with Gasteiger partial charge in [-0.3, -0.25) is 4.79 Å². The van der Waals surface area contributed by atoms with Crippen molar-refractivity contribution >= 4 is 23.3 Å². The molecule has 0 atom stereocenters. The Balaban J connectivity index is 1.41. The fourth-order valence-electron chi connectivity index (χ4n) is 4.76. The largest absolute Gasteiger partial charge is 0.325 e. The zero-order valence-electron chi connectivity index (χ0n) is 17.8. The number of nitrogens with zero attached hydrogens (tertiary/aromatic N) is 1. The third-order valence-corrected chi connectivity index (χ3v) is 6.58. The summed E-state index contributed by atoms with van der Waals surface area (Å²) < 4.78 is 13.4. The van der Waals surface area contributed by atoms with Crippen molar-refractivity contribution in [2.24, 2.45) is 0 Å². The molecule has 0 bridgehead atoms. The normalized spacial score (nSPS) is 18.3. The van der Waals surface area contributed by atoms with E-state index in [9.17, 15) is 14.0 Å². The van der Waals surface area contributed by atoms with E-state index >= 15 is 0 Å². The second-order valence-electron chi connectivity index (χ2n) is 8.66. The Labute approximate surface area is 183 Å². The number of urea groups is 1. The van der Waals surface area contributed by atoms with Crippen LogP contribution in [0.5, 0.6) is 0 Å². The Morgan fingerprint density at radius 2 is 1.29 bits per heavy atom. The number of anilines is 2. The molecule has 3 amide bonds. The molecule has 31 heavy (non-hydrogen) atoms. The summed E-state index contributed by atoms with van der Waals surface area (Å²) in [6, 6.07) is 13.5. The van der Waals surface area contributed by atoms with Gasteiger partial charge in [0, 0.05) is 24.5 Å². The van der Waals surface area contributed by atoms with Gasteiger partial charge in [0.15, 0.2) is 0 Å². The van der Waals surface area contributed by atoms with Crippen LogP contribution in [0.3, 0.4) is 0 Å². The lowest BCUT2D eigenvalue weighted by Gasteiger charge is -2.28. The molecule has 0 radical (unpaired) electrons. The van der Waals surface area contributed by atoms with Crippen LogP contribution < -0.4 is 10.6 Å². The Hall–Kier alpha value is -2.89. The standard InChI is InChI=1S/C25H30FN3O2/c26-20-9-7-19(8-10-20)25(15-3-4-16-25)23(30)27-21-11-13-22(14-12-21)28-24(31)29-17-5-1-2-6-18-29/h7-14H,1-6,15-18H2,(H,27,30)(H,28,31). The summed E-state index contributed by atoms with van der Waals surface area (Å²) in [6.07, 6.45) is 7.93. The highest BCUT2D eigenvalue weighted by Gasteiger charge is 2.42. The summed E-state index contributed by atoms with van der Waals surface area (Å²) in [5, 5.41) is 5.99. The van der Waals surface area contributed by atoms with Crippen LogP contribution in [0.2, 0.25) is 0 Å². The van der Waals surface area contributed by atoms with E-state index in [0.717, 1.165) is 57.2 Å². The quantitative estimate of drug-likeness (QED) is 0.664. The summed E-state index contributed by atoms with van der Waals surface area (Å²) in [7, 11) is 0. The van der Waals surface area contributed by atoms with E-state index in [-0.39, 0.29) is 17.8 Å². The van der Waals surface area contributed by atoms with Crippen LogP contribution in [0.25, 0.3) is 0 Å². The number of nitrogens with one attached hydrogen (secondary N) is 2. The van der Waals surface area contributed by atoms with E-state index < -0.39 is 5.41 Å². The van der Waals surface area contributed by atoms with Crippen LogP contribution in [-0.4, -0.2) is 29.9 Å². The Morgan fingerprint density at radius 3 is 1.87 bits per heavy atom. The van der Waals surface area contributed by atoms with Gasteiger partial charge in [0.1, 0.15) is 5.82 Å². The van der Waals surface area contributed by atoms with Gasteiger partial charge in [0.25, 0.3) is 0 Å². The van der Waals surface area contributed by atoms with Crippen molar-refractivity contribution in [2.45, 2.75) is 56.8 Å². The molecule has 1 saturated heterocycles. The maximum absolute atomic E-state index is 13.4. The Morgan fingerprint density at radius 1 is 0.742 bits per heavy atom. The minimum absolute atomic E-state index is 0.0574. The first-order valence-electron chi connectivity index (χ1n) is 11.3. The number of rotatable bonds is 4. The number of halogens is 1. The topological polar surface area (TPSA) is 61.4 Å². The lowest BCUT2D eigenvalue weighted by Crippen LogP contribution is -2.38. The Bertz CT molecular complexity index is 897. The Kier molecular flexibility index (Phi) is 6.54. The average molecular weight is 424 g/mol. The van der Waals surface area contributed by atoms with Crippen LogP contribution >= 0.6 is 0 Å². The van der Waals surface area contributed by atoms with E-state index in [2.05, 4.69) is 10.6 Å². The number of benzene rings is 2. The molecule has 2 fully saturated rings. The number of hydrogen-bond acceptors (Lipinski definition) is 2. The molecule has 4 rings (SSSR count). The van der Waals surface area contributed by atoms with Crippen LogP contribution in [0, 0.1) is 5.82 Å². The summed E-state index contributed by atoms with van der Waals surface area (Å²) in [5.41, 5.74) is 1.64. The number of carbonyl (C=O) groups excluding carboxylic acids is 2. The van der Waals surface area contributed by atoms with Crippen LogP contribution in [-0.2, 0) is 10.2 Å². The summed E-state index contributed by atoms with van der Waals surface area (Å²) in [4.78, 5) is 27.6. The first kappa shape index (κ1) is 21.3. The van der Waals surface area contributed by atoms with E-state index in [1.807, 2.05) is 29.2 Å². The van der Waals surface area contributed by atoms with Gasteiger partial charge >= 0.3 is 6.03 Å². The van der Waals surface area contributed by atoms with Gasteiger partial charge in [-0.15, -0.1) is 0 Å². The second kappa shape index (κ2) is 9.50. The minimum atomic E-state index is -0.618. The van der Waals surface area contributed by atoms with Gasteiger partial charge in [-0.2, -0.15) is 0 Å². The summed E-state index contributed by atoms with van der Waals surface area (Å²) in [6.45, 7) is 1.59. The highest BCUT2D eigenvalue weighted by Crippen LogP contribution is 2.42. The molecule has 1 aliphatic heterocycles. The lowest BCUT2D eigenvalue weighted by molar-refractivity contribution is -0.121. The van der Waals surface area contributed by atoms with Crippen molar-refractivity contribution in [3.63, 3.8) is 0 Å². The minimum Gasteiger partial charge on any atom is -0.325 e. The fourth-order valence-corrected chi connectivity index (χ4v) is 4.76. The summed E-state index contributed by atoms with van der Waals surface area (Å²) >= 11 is 0. The molecule has 2 aromatic carbocycles. The SMILES string of the molecule is O=C(Nc1ccc(NC(=O)C2(c3ccc(F)cc3)CCCC2)cc1)N1CCCCCC1. The molecule has 5 nitrogen and oxygen atoms in total. The third kappa shape index (κ3) is 4.89. The van der Waals surface area contributed by atoms with Crippen molar-refractivity contribution in [2.75, 3.05) is 23.7 Å². The maximum atomic E-state index is 13.4. The highest BCUT2D eigenvalue weighted by molar-refractivity contribution is 5.99. The molecule has 1 aliphatic carbocycles. The monoisotopic (exact) mass is 423 g/mol. The van der Waals surface area contributed by atoms with E-state index in [1.165, 1.54) is 25.0 Å². The van der Waals surface area contributed by atoms with Crippen molar-refractivity contribution in [3.8, 4) is 0 Å². The van der Waals surface area contributed by atoms with Crippen molar-refractivity contribution in [1.82, 2.24) is 4.90 Å². The smallest absolute Gasteiger partial charge is 0.321 e. The van der Waals surface area contributed by atoms with E-state index in [4.69, 9.17) is 0 Å². The fraction of sp³-hybridized carbons (Fsp3) is 0.440. The van der Waals surface area contributed by atoms with Crippen molar-refractivity contribution in [1.29, 1.82) is 0 Å². The van der Waals surface area contributed by atoms with E-state index in [0.29, 0.717) is 11.4 Å². The van der Waals surface area contributed by atoms with Gasteiger partial charge in [0.05, 0.1) is 5.41 Å². The third-order valence-electron chi connectivity index (χ3n) is 6.58. The van der Waals surface area contributed by atoms with Crippen molar-refractivity contribution in [3.05, 3.63) is 59.9 Å². The lowest BCUT2D eigenvalue weighted by atomic mass is 9.78. The number of carbonyl (C=O) groups is 2. The second-order valence-corrected chi connectivity index (χ2v) is 8.66. The van der Waals surface area contributed by atoms with E-state index in [1.54, 1.807) is 12.1 Å². The van der Waals surface area contributed by atoms with Gasteiger partial charge in [0.2, 0.25) is 5.91 Å².